The minimum Gasteiger partial charge on any atom is -0.392 e. The molecule has 0 aromatic rings. The number of rotatable bonds is 4. The topological polar surface area (TPSA) is 40.5 Å². The van der Waals surface area contributed by atoms with Crippen LogP contribution in [-0.2, 0) is 0 Å². The molecule has 2 aliphatic rings. The molecule has 2 rings (SSSR count). The van der Waals surface area contributed by atoms with E-state index in [1.165, 1.54) is 6.42 Å². The van der Waals surface area contributed by atoms with E-state index in [-0.39, 0.29) is 22.9 Å². The van der Waals surface area contributed by atoms with Crippen LogP contribution in [0.5, 0.6) is 0 Å². The zero-order chi connectivity index (χ0) is 16.8. The van der Waals surface area contributed by atoms with Gasteiger partial charge in [0, 0.05) is 5.41 Å². The predicted octanol–water partition coefficient (Wildman–Crippen LogP) is 4.78. The minimum absolute atomic E-state index is 0.221. The van der Waals surface area contributed by atoms with E-state index in [1.807, 2.05) is 0 Å². The summed E-state index contributed by atoms with van der Waals surface area (Å²) in [5.74, 6) is 1.34. The van der Waals surface area contributed by atoms with Crippen LogP contribution in [0.15, 0.2) is 0 Å². The molecule has 130 valence electrons. The van der Waals surface area contributed by atoms with Crippen molar-refractivity contribution in [2.45, 2.75) is 98.2 Å². The maximum absolute atomic E-state index is 11.8. The summed E-state index contributed by atoms with van der Waals surface area (Å²) in [6, 6.07) is 0. The van der Waals surface area contributed by atoms with E-state index in [2.05, 4.69) is 41.5 Å². The van der Waals surface area contributed by atoms with Gasteiger partial charge in [0.25, 0.3) is 0 Å². The number of aliphatic hydroxyl groups excluding tert-OH is 1. The highest BCUT2D eigenvalue weighted by Gasteiger charge is 2.64. The van der Waals surface area contributed by atoms with Gasteiger partial charge in [-0.3, -0.25) is 0 Å². The van der Waals surface area contributed by atoms with Crippen molar-refractivity contribution in [3.8, 4) is 0 Å². The van der Waals surface area contributed by atoms with Crippen LogP contribution in [0.4, 0.5) is 0 Å². The molecule has 0 heterocycles. The first-order valence-corrected chi connectivity index (χ1v) is 9.50. The van der Waals surface area contributed by atoms with Gasteiger partial charge in [-0.15, -0.1) is 0 Å². The molecule has 0 spiro atoms. The van der Waals surface area contributed by atoms with E-state index >= 15 is 0 Å². The SMILES string of the molecule is CC[C@@H](C)CC[C@]1(O)[C@@H](C)CC[C@H]2C(C)(C)CC[C@@H](O)[C@@]21C. The van der Waals surface area contributed by atoms with E-state index in [4.69, 9.17) is 0 Å². The fourth-order valence-corrected chi connectivity index (χ4v) is 5.68. The van der Waals surface area contributed by atoms with Crippen LogP contribution in [-0.4, -0.2) is 21.9 Å². The maximum Gasteiger partial charge on any atom is 0.0754 e. The third kappa shape index (κ3) is 2.65. The molecule has 2 nitrogen and oxygen atoms in total. The highest BCUT2D eigenvalue weighted by atomic mass is 16.3. The van der Waals surface area contributed by atoms with Crippen molar-refractivity contribution >= 4 is 0 Å². The minimum atomic E-state index is -0.726. The van der Waals surface area contributed by atoms with Crippen molar-refractivity contribution in [2.75, 3.05) is 0 Å². The van der Waals surface area contributed by atoms with Crippen molar-refractivity contribution in [2.24, 2.45) is 28.6 Å². The molecule has 2 aliphatic carbocycles. The lowest BCUT2D eigenvalue weighted by Crippen LogP contribution is -2.67. The first-order chi connectivity index (χ1) is 10.1. The Bertz CT molecular complexity index is 391. The third-order valence-corrected chi connectivity index (χ3v) is 7.77. The zero-order valence-corrected chi connectivity index (χ0v) is 15.7. The van der Waals surface area contributed by atoms with Gasteiger partial charge >= 0.3 is 0 Å². The second-order valence-corrected chi connectivity index (χ2v) is 9.33. The van der Waals surface area contributed by atoms with Gasteiger partial charge in [0.15, 0.2) is 0 Å². The van der Waals surface area contributed by atoms with Gasteiger partial charge in [0.1, 0.15) is 0 Å². The molecule has 0 radical (unpaired) electrons. The molecule has 22 heavy (non-hydrogen) atoms. The van der Waals surface area contributed by atoms with Crippen LogP contribution < -0.4 is 0 Å². The molecular weight excluding hydrogens is 272 g/mol. The van der Waals surface area contributed by atoms with Gasteiger partial charge in [0.05, 0.1) is 11.7 Å². The Kier molecular flexibility index (Phi) is 5.06. The first-order valence-electron chi connectivity index (χ1n) is 9.50. The predicted molar refractivity (Wildman–Crippen MR) is 92.7 cm³/mol. The molecule has 2 saturated carbocycles. The lowest BCUT2D eigenvalue weighted by molar-refractivity contribution is -0.253. The average molecular weight is 311 g/mol. The van der Waals surface area contributed by atoms with Crippen molar-refractivity contribution < 1.29 is 10.2 Å². The third-order valence-electron chi connectivity index (χ3n) is 7.77. The molecule has 0 unspecified atom stereocenters. The average Bonchev–Trinajstić information content (AvgIpc) is 2.46. The Labute approximate surface area is 137 Å². The van der Waals surface area contributed by atoms with E-state index in [0.717, 1.165) is 38.5 Å². The molecule has 0 aromatic heterocycles. The van der Waals surface area contributed by atoms with Crippen LogP contribution in [0.25, 0.3) is 0 Å². The van der Waals surface area contributed by atoms with E-state index < -0.39 is 5.60 Å². The van der Waals surface area contributed by atoms with Gasteiger partial charge < -0.3 is 10.2 Å². The second-order valence-electron chi connectivity index (χ2n) is 9.33. The Morgan fingerprint density at radius 2 is 1.77 bits per heavy atom. The molecule has 0 saturated heterocycles. The summed E-state index contributed by atoms with van der Waals surface area (Å²) in [6.07, 6.45) is 6.84. The van der Waals surface area contributed by atoms with Gasteiger partial charge in [-0.25, -0.2) is 0 Å². The standard InChI is InChI=1S/C20H38O2/c1-7-14(2)10-13-20(22)15(3)8-9-16-18(4,5)12-11-17(21)19(16,20)6/h14-17,21-22H,7-13H2,1-6H3/t14-,15+,16+,17-,19-,20+/m1/s1. The Morgan fingerprint density at radius 1 is 1.14 bits per heavy atom. The molecule has 0 aliphatic heterocycles. The van der Waals surface area contributed by atoms with Gasteiger partial charge in [-0.1, -0.05) is 48.0 Å². The zero-order valence-electron chi connectivity index (χ0n) is 15.7. The van der Waals surface area contributed by atoms with Crippen LogP contribution in [0.1, 0.15) is 86.5 Å². The molecule has 0 bridgehead atoms. The molecule has 0 amide bonds. The van der Waals surface area contributed by atoms with Crippen molar-refractivity contribution in [3.05, 3.63) is 0 Å². The van der Waals surface area contributed by atoms with Gasteiger partial charge in [-0.05, 0) is 61.7 Å². The quantitative estimate of drug-likeness (QED) is 0.784. The monoisotopic (exact) mass is 310 g/mol. The summed E-state index contributed by atoms with van der Waals surface area (Å²) >= 11 is 0. The molecule has 0 aromatic carbocycles. The van der Waals surface area contributed by atoms with E-state index in [1.54, 1.807) is 0 Å². The maximum atomic E-state index is 11.8. The number of hydrogen-bond donors (Lipinski definition) is 2. The highest BCUT2D eigenvalue weighted by Crippen LogP contribution is 2.63. The fraction of sp³-hybridized carbons (Fsp3) is 1.00. The second kappa shape index (κ2) is 6.09. The Morgan fingerprint density at radius 3 is 2.36 bits per heavy atom. The molecule has 6 atom stereocenters. The van der Waals surface area contributed by atoms with Crippen LogP contribution in [0.3, 0.4) is 0 Å². The summed E-state index contributed by atoms with van der Waals surface area (Å²) in [6.45, 7) is 13.6. The summed E-state index contributed by atoms with van der Waals surface area (Å²) in [5.41, 5.74) is -0.866. The largest absolute Gasteiger partial charge is 0.392 e. The normalized spacial score (nSPS) is 46.1. The molecule has 2 heteroatoms. The summed E-state index contributed by atoms with van der Waals surface area (Å²) in [5, 5.41) is 22.7. The summed E-state index contributed by atoms with van der Waals surface area (Å²) in [7, 11) is 0. The van der Waals surface area contributed by atoms with Gasteiger partial charge in [0.2, 0.25) is 0 Å². The van der Waals surface area contributed by atoms with Crippen molar-refractivity contribution in [1.29, 1.82) is 0 Å². The highest BCUT2D eigenvalue weighted by molar-refractivity contribution is 5.14. The van der Waals surface area contributed by atoms with Crippen molar-refractivity contribution in [3.63, 3.8) is 0 Å². The van der Waals surface area contributed by atoms with Crippen LogP contribution in [0, 0.1) is 28.6 Å². The Hall–Kier alpha value is -0.0800. The summed E-state index contributed by atoms with van der Waals surface area (Å²) in [4.78, 5) is 0. The Balaban J connectivity index is 2.36. The van der Waals surface area contributed by atoms with Crippen molar-refractivity contribution in [1.82, 2.24) is 0 Å². The van der Waals surface area contributed by atoms with E-state index in [0.29, 0.717) is 11.8 Å². The lowest BCUT2D eigenvalue weighted by atomic mass is 9.43. The number of aliphatic hydroxyl groups is 2. The fourth-order valence-electron chi connectivity index (χ4n) is 5.68. The van der Waals surface area contributed by atoms with Crippen LogP contribution >= 0.6 is 0 Å². The molecule has 2 N–H and O–H groups in total. The van der Waals surface area contributed by atoms with Crippen LogP contribution in [0.2, 0.25) is 0 Å². The molecular formula is C20H38O2. The first kappa shape index (κ1) is 18.3. The number of hydrogen-bond acceptors (Lipinski definition) is 2. The van der Waals surface area contributed by atoms with E-state index in [9.17, 15) is 10.2 Å². The van der Waals surface area contributed by atoms with Gasteiger partial charge in [-0.2, -0.15) is 0 Å². The lowest BCUT2D eigenvalue weighted by Gasteiger charge is -2.64. The number of fused-ring (bicyclic) bond motifs is 1. The summed E-state index contributed by atoms with van der Waals surface area (Å²) < 4.78 is 0. The molecule has 2 fully saturated rings. The smallest absolute Gasteiger partial charge is 0.0754 e.